The molecule has 0 bridgehead atoms. The number of hydrogen-bond acceptors (Lipinski definition) is 3. The van der Waals surface area contributed by atoms with E-state index in [0.717, 1.165) is 28.0 Å². The van der Waals surface area contributed by atoms with E-state index in [9.17, 15) is 14.0 Å². The van der Waals surface area contributed by atoms with Gasteiger partial charge < -0.3 is 0 Å². The second-order valence-corrected chi connectivity index (χ2v) is 10.2. The van der Waals surface area contributed by atoms with Gasteiger partial charge in [-0.25, -0.2) is 4.39 Å². The van der Waals surface area contributed by atoms with Gasteiger partial charge in [-0.1, -0.05) is 23.7 Å². The number of fused-ring (bicyclic) bond motifs is 1. The van der Waals surface area contributed by atoms with Crippen molar-refractivity contribution in [3.63, 3.8) is 0 Å². The van der Waals surface area contributed by atoms with Crippen LogP contribution in [0.25, 0.3) is 5.57 Å². The molecule has 2 amide bonds. The highest BCUT2D eigenvalue weighted by Gasteiger charge is 2.64. The molecule has 154 valence electrons. The van der Waals surface area contributed by atoms with Crippen LogP contribution in [0.5, 0.6) is 0 Å². The van der Waals surface area contributed by atoms with E-state index in [0.29, 0.717) is 5.69 Å². The Kier molecular flexibility index (Phi) is 4.00. The SMILES string of the molecule is CC1=CC(C)(C)N2C(=O)C3(SCC(=O)N3c3ccc(Cl)c(F)c3)c3cc(C)cc1c32. The first-order chi connectivity index (χ1) is 14.1. The third kappa shape index (κ3) is 2.35. The van der Waals surface area contributed by atoms with Gasteiger partial charge in [-0.15, -0.1) is 11.8 Å². The lowest BCUT2D eigenvalue weighted by molar-refractivity contribution is -0.124. The molecule has 2 aromatic carbocycles. The van der Waals surface area contributed by atoms with E-state index in [1.165, 1.54) is 28.8 Å². The fraction of sp³-hybridized carbons (Fsp3) is 0.304. The third-order valence-electron chi connectivity index (χ3n) is 6.04. The predicted octanol–water partition coefficient (Wildman–Crippen LogP) is 5.26. The number of halogens is 2. The molecule has 0 aromatic heterocycles. The third-order valence-corrected chi connectivity index (χ3v) is 7.73. The molecule has 4 nitrogen and oxygen atoms in total. The van der Waals surface area contributed by atoms with E-state index >= 15 is 0 Å². The van der Waals surface area contributed by atoms with Crippen molar-refractivity contribution in [3.05, 3.63) is 63.9 Å². The molecule has 1 atom stereocenters. The van der Waals surface area contributed by atoms with Crippen LogP contribution in [-0.4, -0.2) is 23.1 Å². The first kappa shape index (κ1) is 19.6. The van der Waals surface area contributed by atoms with Crippen molar-refractivity contribution >= 4 is 52.1 Å². The van der Waals surface area contributed by atoms with E-state index in [1.54, 1.807) is 11.0 Å². The van der Waals surface area contributed by atoms with E-state index in [4.69, 9.17) is 11.6 Å². The monoisotopic (exact) mass is 442 g/mol. The van der Waals surface area contributed by atoms with Crippen LogP contribution < -0.4 is 9.80 Å². The van der Waals surface area contributed by atoms with Crippen LogP contribution in [0, 0.1) is 12.7 Å². The summed E-state index contributed by atoms with van der Waals surface area (Å²) in [6, 6.07) is 8.30. The summed E-state index contributed by atoms with van der Waals surface area (Å²) in [5.41, 5.74) is 4.51. The second-order valence-electron chi connectivity index (χ2n) is 8.59. The molecule has 1 spiro atoms. The van der Waals surface area contributed by atoms with Crippen LogP contribution in [0.15, 0.2) is 36.4 Å². The number of hydrogen-bond donors (Lipinski definition) is 0. The van der Waals surface area contributed by atoms with Crippen LogP contribution in [0.2, 0.25) is 5.02 Å². The van der Waals surface area contributed by atoms with E-state index in [1.807, 2.05) is 33.8 Å². The van der Waals surface area contributed by atoms with Crippen LogP contribution in [0.4, 0.5) is 15.8 Å². The van der Waals surface area contributed by atoms with E-state index in [2.05, 4.69) is 12.1 Å². The van der Waals surface area contributed by atoms with Crippen LogP contribution >= 0.6 is 23.4 Å². The van der Waals surface area contributed by atoms with Gasteiger partial charge >= 0.3 is 0 Å². The summed E-state index contributed by atoms with van der Waals surface area (Å²) in [5.74, 6) is -0.889. The smallest absolute Gasteiger partial charge is 0.269 e. The van der Waals surface area contributed by atoms with Gasteiger partial charge in [0.15, 0.2) is 0 Å². The molecule has 1 unspecified atom stereocenters. The number of nitrogens with zero attached hydrogens (tertiary/aromatic N) is 2. The van der Waals surface area contributed by atoms with Gasteiger partial charge in [-0.2, -0.15) is 0 Å². The molecule has 2 aromatic rings. The number of rotatable bonds is 1. The first-order valence-corrected chi connectivity index (χ1v) is 11.1. The highest BCUT2D eigenvalue weighted by molar-refractivity contribution is 8.02. The lowest BCUT2D eigenvalue weighted by Gasteiger charge is -2.40. The number of anilines is 2. The van der Waals surface area contributed by atoms with Gasteiger partial charge in [0.25, 0.3) is 5.91 Å². The first-order valence-electron chi connectivity index (χ1n) is 9.69. The Balaban J connectivity index is 1.82. The van der Waals surface area contributed by atoms with Crippen molar-refractivity contribution in [2.75, 3.05) is 15.6 Å². The Labute approximate surface area is 183 Å². The zero-order chi connectivity index (χ0) is 21.6. The Morgan fingerprint density at radius 2 is 1.83 bits per heavy atom. The maximum Gasteiger partial charge on any atom is 0.269 e. The van der Waals surface area contributed by atoms with Gasteiger partial charge in [0.2, 0.25) is 10.8 Å². The minimum Gasteiger partial charge on any atom is -0.299 e. The molecule has 0 radical (unpaired) electrons. The second kappa shape index (κ2) is 6.11. The normalized spacial score (nSPS) is 24.0. The summed E-state index contributed by atoms with van der Waals surface area (Å²) in [6.07, 6.45) is 2.09. The Morgan fingerprint density at radius 1 is 1.10 bits per heavy atom. The minimum absolute atomic E-state index is 0.0242. The largest absolute Gasteiger partial charge is 0.299 e. The molecule has 0 saturated carbocycles. The number of thioether (sulfide) groups is 1. The van der Waals surface area contributed by atoms with Crippen molar-refractivity contribution in [1.82, 2.24) is 0 Å². The number of carbonyl (C=O) groups is 2. The van der Waals surface area contributed by atoms with Gasteiger partial charge in [0.05, 0.1) is 22.0 Å². The predicted molar refractivity (Wildman–Crippen MR) is 119 cm³/mol. The average molecular weight is 443 g/mol. The molecule has 1 saturated heterocycles. The van der Waals surface area contributed by atoms with E-state index in [-0.39, 0.29) is 22.6 Å². The number of aryl methyl sites for hydroxylation is 1. The average Bonchev–Trinajstić information content (AvgIpc) is 3.13. The highest BCUT2D eigenvalue weighted by Crippen LogP contribution is 2.60. The quantitative estimate of drug-likeness (QED) is 0.604. The van der Waals surface area contributed by atoms with Crippen molar-refractivity contribution < 1.29 is 14.0 Å². The number of allylic oxidation sites excluding steroid dienone is 1. The van der Waals surface area contributed by atoms with E-state index < -0.39 is 16.2 Å². The Morgan fingerprint density at radius 3 is 2.53 bits per heavy atom. The summed E-state index contributed by atoms with van der Waals surface area (Å²) < 4.78 is 14.3. The number of benzene rings is 2. The summed E-state index contributed by atoms with van der Waals surface area (Å²) in [4.78, 5) is 29.1. The van der Waals surface area contributed by atoms with Crippen molar-refractivity contribution in [2.45, 2.75) is 38.1 Å². The molecule has 5 rings (SSSR count). The maximum absolute atomic E-state index is 14.3. The molecular weight excluding hydrogens is 423 g/mol. The standard InChI is InChI=1S/C23H20ClFN2O2S/c1-12-7-15-13(2)10-22(3,4)27-20(15)16(8-12)23(21(27)29)26(19(28)11-30-23)14-5-6-17(24)18(25)9-14/h5-10H,11H2,1-4H3. The van der Waals surface area contributed by atoms with Gasteiger partial charge in [-0.05, 0) is 63.1 Å². The highest BCUT2D eigenvalue weighted by atomic mass is 35.5. The number of carbonyl (C=O) groups excluding carboxylic acids is 2. The fourth-order valence-corrected chi connectivity index (χ4v) is 6.39. The molecular formula is C23H20ClFN2O2S. The molecule has 3 aliphatic rings. The Bertz CT molecular complexity index is 1190. The van der Waals surface area contributed by atoms with Crippen molar-refractivity contribution in [1.29, 1.82) is 0 Å². The van der Waals surface area contributed by atoms with Gasteiger partial charge in [0, 0.05) is 16.8 Å². The lowest BCUT2D eigenvalue weighted by Crippen LogP contribution is -2.54. The Hall–Kier alpha value is -2.31. The zero-order valence-electron chi connectivity index (χ0n) is 17.0. The lowest BCUT2D eigenvalue weighted by atomic mass is 9.88. The number of amides is 2. The topological polar surface area (TPSA) is 40.6 Å². The van der Waals surface area contributed by atoms with Crippen molar-refractivity contribution in [2.24, 2.45) is 0 Å². The van der Waals surface area contributed by atoms with Crippen LogP contribution in [0.3, 0.4) is 0 Å². The van der Waals surface area contributed by atoms with Crippen LogP contribution in [-0.2, 0) is 14.5 Å². The van der Waals surface area contributed by atoms with Gasteiger partial charge in [0.1, 0.15) is 5.82 Å². The maximum atomic E-state index is 14.3. The molecule has 0 aliphatic carbocycles. The molecule has 30 heavy (non-hydrogen) atoms. The zero-order valence-corrected chi connectivity index (χ0v) is 18.6. The van der Waals surface area contributed by atoms with Crippen LogP contribution in [0.1, 0.15) is 37.5 Å². The summed E-state index contributed by atoms with van der Waals surface area (Å²) in [7, 11) is 0. The van der Waals surface area contributed by atoms with Gasteiger partial charge in [-0.3, -0.25) is 19.4 Å². The molecule has 3 heterocycles. The fourth-order valence-electron chi connectivity index (χ4n) is 4.95. The van der Waals surface area contributed by atoms with Crippen molar-refractivity contribution in [3.8, 4) is 0 Å². The molecule has 1 fully saturated rings. The minimum atomic E-state index is -1.26. The summed E-state index contributed by atoms with van der Waals surface area (Å²) in [6.45, 7) is 8.02. The molecule has 0 N–H and O–H groups in total. The molecule has 7 heteroatoms. The summed E-state index contributed by atoms with van der Waals surface area (Å²) >= 11 is 7.16. The summed E-state index contributed by atoms with van der Waals surface area (Å²) in [5, 5.41) is -0.0242. The molecule has 3 aliphatic heterocycles.